The van der Waals surface area contributed by atoms with Crippen molar-refractivity contribution in [2.45, 2.75) is 52.4 Å². The third-order valence-corrected chi connectivity index (χ3v) is 2.58. The molecular formula is C13H22F3N3O3. The quantitative estimate of drug-likeness (QED) is 0.800. The topological polar surface area (TPSA) is 92.5 Å². The van der Waals surface area contributed by atoms with Gasteiger partial charge in [0.2, 0.25) is 11.8 Å². The monoisotopic (exact) mass is 325 g/mol. The highest BCUT2D eigenvalue weighted by atomic mass is 19.4. The highest BCUT2D eigenvalue weighted by Gasteiger charge is 2.49. The Morgan fingerprint density at radius 1 is 1.14 bits per heavy atom. The van der Waals surface area contributed by atoms with Crippen molar-refractivity contribution in [1.82, 2.24) is 10.2 Å². The lowest BCUT2D eigenvalue weighted by molar-refractivity contribution is -0.191. The minimum absolute atomic E-state index is 0.0915. The molecule has 0 aromatic carbocycles. The average Bonchev–Trinajstić information content (AvgIpc) is 2.29. The number of rotatable bonds is 4. The third-order valence-electron chi connectivity index (χ3n) is 2.58. The van der Waals surface area contributed by atoms with Crippen LogP contribution >= 0.6 is 0 Å². The van der Waals surface area contributed by atoms with E-state index in [1.165, 1.54) is 13.8 Å². The molecule has 3 amide bonds. The number of nitrogens with zero attached hydrogens (tertiary/aromatic N) is 1. The van der Waals surface area contributed by atoms with Crippen LogP contribution in [0.1, 0.15) is 34.6 Å². The van der Waals surface area contributed by atoms with Gasteiger partial charge in [0.25, 0.3) is 0 Å². The zero-order valence-electron chi connectivity index (χ0n) is 13.2. The molecule has 0 aromatic rings. The summed E-state index contributed by atoms with van der Waals surface area (Å²) in [4.78, 5) is 35.4. The first-order chi connectivity index (χ1) is 9.72. The summed E-state index contributed by atoms with van der Waals surface area (Å²) in [5.74, 6) is -5.22. The fraction of sp³-hybridized carbons (Fsp3) is 0.769. The lowest BCUT2D eigenvalue weighted by atomic mass is 9.99. The number of alkyl halides is 3. The standard InChI is InChI=1S/C13H22F3N3O3/c1-7(2)9(10(21)18-12(3,4)5)19(8(20)6-17)11(22)13(14,15)16/h7,9H,6,17H2,1-5H3,(H,18,21)/t9-/m0/s1. The lowest BCUT2D eigenvalue weighted by Gasteiger charge is -2.34. The first-order valence-electron chi connectivity index (χ1n) is 6.67. The van der Waals surface area contributed by atoms with Crippen LogP contribution in [0.2, 0.25) is 0 Å². The van der Waals surface area contributed by atoms with Crippen molar-refractivity contribution in [3.8, 4) is 0 Å². The Hall–Kier alpha value is -1.64. The van der Waals surface area contributed by atoms with Crippen molar-refractivity contribution in [1.29, 1.82) is 0 Å². The van der Waals surface area contributed by atoms with Crippen LogP contribution in [0, 0.1) is 5.92 Å². The second-order valence-electron chi connectivity index (χ2n) is 6.20. The maximum absolute atomic E-state index is 12.7. The molecule has 0 fully saturated rings. The molecule has 128 valence electrons. The van der Waals surface area contributed by atoms with Gasteiger partial charge < -0.3 is 11.1 Å². The molecule has 0 aliphatic carbocycles. The van der Waals surface area contributed by atoms with Crippen molar-refractivity contribution in [3.05, 3.63) is 0 Å². The maximum atomic E-state index is 12.7. The molecule has 6 nitrogen and oxygen atoms in total. The van der Waals surface area contributed by atoms with E-state index in [0.717, 1.165) is 0 Å². The van der Waals surface area contributed by atoms with Gasteiger partial charge in [0, 0.05) is 5.54 Å². The largest absolute Gasteiger partial charge is 0.471 e. The molecule has 0 bridgehead atoms. The number of imide groups is 1. The van der Waals surface area contributed by atoms with Crippen molar-refractivity contribution in [2.75, 3.05) is 6.54 Å². The zero-order chi connectivity index (χ0) is 17.9. The fourth-order valence-corrected chi connectivity index (χ4v) is 1.79. The Labute approximate surface area is 127 Å². The lowest BCUT2D eigenvalue weighted by Crippen LogP contribution is -2.60. The van der Waals surface area contributed by atoms with Gasteiger partial charge >= 0.3 is 12.1 Å². The van der Waals surface area contributed by atoms with Crippen LogP contribution in [0.4, 0.5) is 13.2 Å². The van der Waals surface area contributed by atoms with Crippen molar-refractivity contribution < 1.29 is 27.6 Å². The third kappa shape index (κ3) is 5.63. The number of carbonyl (C=O) groups is 3. The molecule has 0 saturated heterocycles. The Kier molecular flexibility index (Phi) is 6.55. The Morgan fingerprint density at radius 2 is 1.59 bits per heavy atom. The SMILES string of the molecule is CC(C)[C@@H](C(=O)NC(C)(C)C)N(C(=O)CN)C(=O)C(F)(F)F. The molecule has 0 aliphatic heterocycles. The smallest absolute Gasteiger partial charge is 0.350 e. The number of amides is 3. The number of hydrogen-bond donors (Lipinski definition) is 2. The summed E-state index contributed by atoms with van der Waals surface area (Å²) in [7, 11) is 0. The van der Waals surface area contributed by atoms with Gasteiger partial charge in [-0.3, -0.25) is 19.3 Å². The summed E-state index contributed by atoms with van der Waals surface area (Å²) in [6.07, 6.45) is -5.28. The first-order valence-corrected chi connectivity index (χ1v) is 6.67. The minimum Gasteiger partial charge on any atom is -0.350 e. The molecule has 0 aliphatic rings. The van der Waals surface area contributed by atoms with Gasteiger partial charge in [-0.2, -0.15) is 13.2 Å². The summed E-state index contributed by atoms with van der Waals surface area (Å²) in [6.45, 7) is 6.95. The molecule has 0 rings (SSSR count). The molecule has 0 radical (unpaired) electrons. The number of hydrogen-bond acceptors (Lipinski definition) is 4. The van der Waals surface area contributed by atoms with Crippen molar-refractivity contribution in [3.63, 3.8) is 0 Å². The van der Waals surface area contributed by atoms with Crippen molar-refractivity contribution in [2.24, 2.45) is 11.7 Å². The van der Waals surface area contributed by atoms with E-state index in [0.29, 0.717) is 0 Å². The minimum atomic E-state index is -5.28. The first kappa shape index (κ1) is 20.4. The van der Waals surface area contributed by atoms with Crippen LogP contribution in [0.15, 0.2) is 0 Å². The molecule has 0 aromatic heterocycles. The van der Waals surface area contributed by atoms with Crippen LogP contribution in [0.5, 0.6) is 0 Å². The van der Waals surface area contributed by atoms with E-state index in [9.17, 15) is 27.6 Å². The predicted molar refractivity (Wildman–Crippen MR) is 73.5 cm³/mol. The van der Waals surface area contributed by atoms with E-state index in [4.69, 9.17) is 5.73 Å². The van der Waals surface area contributed by atoms with E-state index in [-0.39, 0.29) is 4.90 Å². The van der Waals surface area contributed by atoms with Crippen LogP contribution in [0.3, 0.4) is 0 Å². The molecule has 0 spiro atoms. The number of nitrogens with two attached hydrogens (primary N) is 1. The second kappa shape index (κ2) is 7.08. The second-order valence-corrected chi connectivity index (χ2v) is 6.20. The van der Waals surface area contributed by atoms with Gasteiger partial charge in [-0.15, -0.1) is 0 Å². The highest BCUT2D eigenvalue weighted by Crippen LogP contribution is 2.23. The Bertz CT molecular complexity index is 442. The van der Waals surface area contributed by atoms with E-state index in [1.54, 1.807) is 20.8 Å². The predicted octanol–water partition coefficient (Wildman–Crippen LogP) is 0.802. The van der Waals surface area contributed by atoms with Gasteiger partial charge in [-0.25, -0.2) is 0 Å². The Morgan fingerprint density at radius 3 is 1.86 bits per heavy atom. The summed E-state index contributed by atoms with van der Waals surface area (Å²) in [5, 5.41) is 2.47. The van der Waals surface area contributed by atoms with E-state index >= 15 is 0 Å². The van der Waals surface area contributed by atoms with Crippen LogP contribution in [-0.4, -0.2) is 46.9 Å². The molecule has 1 atom stereocenters. The fourth-order valence-electron chi connectivity index (χ4n) is 1.79. The van der Waals surface area contributed by atoms with E-state index in [2.05, 4.69) is 5.32 Å². The molecule has 0 saturated carbocycles. The van der Waals surface area contributed by atoms with Gasteiger partial charge in [0.1, 0.15) is 6.04 Å². The van der Waals surface area contributed by atoms with Gasteiger partial charge in [0.15, 0.2) is 0 Å². The van der Waals surface area contributed by atoms with E-state index in [1.807, 2.05) is 0 Å². The van der Waals surface area contributed by atoms with E-state index < -0.39 is 47.9 Å². The summed E-state index contributed by atoms with van der Waals surface area (Å²) in [6, 6.07) is -1.59. The van der Waals surface area contributed by atoms with Crippen LogP contribution in [-0.2, 0) is 14.4 Å². The molecule has 0 unspecified atom stereocenters. The summed E-state index contributed by atoms with van der Waals surface area (Å²) in [5.41, 5.74) is 4.34. The Balaban J connectivity index is 5.76. The van der Waals surface area contributed by atoms with Crippen molar-refractivity contribution >= 4 is 17.7 Å². The summed E-state index contributed by atoms with van der Waals surface area (Å²) < 4.78 is 38.1. The van der Waals surface area contributed by atoms with Crippen LogP contribution < -0.4 is 11.1 Å². The number of carbonyl (C=O) groups excluding carboxylic acids is 3. The molecule has 0 heterocycles. The molecule has 3 N–H and O–H groups in total. The maximum Gasteiger partial charge on any atom is 0.471 e. The van der Waals surface area contributed by atoms with Gasteiger partial charge in [0.05, 0.1) is 6.54 Å². The number of halogens is 3. The van der Waals surface area contributed by atoms with Crippen LogP contribution in [0.25, 0.3) is 0 Å². The normalized spacial score (nSPS) is 13.7. The van der Waals surface area contributed by atoms with Gasteiger partial charge in [-0.1, -0.05) is 13.8 Å². The molecule has 22 heavy (non-hydrogen) atoms. The number of nitrogens with one attached hydrogen (secondary N) is 1. The molecular weight excluding hydrogens is 303 g/mol. The average molecular weight is 325 g/mol. The summed E-state index contributed by atoms with van der Waals surface area (Å²) >= 11 is 0. The molecule has 9 heteroatoms. The zero-order valence-corrected chi connectivity index (χ0v) is 13.2. The highest BCUT2D eigenvalue weighted by molar-refractivity contribution is 6.03. The van der Waals surface area contributed by atoms with Gasteiger partial charge in [-0.05, 0) is 26.7 Å².